The molecule has 0 aromatic carbocycles. The molecule has 0 bridgehead atoms. The lowest BCUT2D eigenvalue weighted by molar-refractivity contribution is 0.0313. The minimum Gasteiger partial charge on any atom is -0.390 e. The van der Waals surface area contributed by atoms with E-state index in [0.717, 1.165) is 0 Å². The average molecular weight is 172 g/mol. The molecule has 0 fully saturated rings. The zero-order valence-corrected chi connectivity index (χ0v) is 6.15. The number of nitrogens with zero attached hydrogens (tertiary/aromatic N) is 6. The van der Waals surface area contributed by atoms with E-state index in [1.165, 1.54) is 0 Å². The second-order valence-corrected chi connectivity index (χ2v) is 1.96. The highest BCUT2D eigenvalue weighted by atomic mass is 16.3. The fraction of sp³-hybridized carbons (Fsp3) is 1.00. The van der Waals surface area contributed by atoms with Crippen molar-refractivity contribution in [2.75, 3.05) is 13.1 Å². The van der Waals surface area contributed by atoms with Gasteiger partial charge in [-0.2, -0.15) is 0 Å². The summed E-state index contributed by atoms with van der Waals surface area (Å²) in [6.07, 6.45) is -2.38. The molecule has 0 saturated heterocycles. The van der Waals surface area contributed by atoms with Crippen molar-refractivity contribution < 1.29 is 10.2 Å². The van der Waals surface area contributed by atoms with Crippen molar-refractivity contribution >= 4 is 0 Å². The maximum absolute atomic E-state index is 8.98. The van der Waals surface area contributed by atoms with Crippen molar-refractivity contribution in [2.24, 2.45) is 10.2 Å². The predicted molar refractivity (Wildman–Crippen MR) is 40.0 cm³/mol. The van der Waals surface area contributed by atoms with Crippen molar-refractivity contribution in [1.82, 2.24) is 0 Å². The summed E-state index contributed by atoms with van der Waals surface area (Å²) in [4.78, 5) is 4.78. The van der Waals surface area contributed by atoms with Crippen LogP contribution in [0.3, 0.4) is 0 Å². The van der Waals surface area contributed by atoms with E-state index < -0.39 is 12.2 Å². The molecule has 0 aliphatic heterocycles. The van der Waals surface area contributed by atoms with Gasteiger partial charge >= 0.3 is 0 Å². The normalized spacial score (nSPS) is 13.8. The van der Waals surface area contributed by atoms with Crippen LogP contribution in [0.1, 0.15) is 0 Å². The quantitative estimate of drug-likeness (QED) is 0.350. The van der Waals surface area contributed by atoms with Crippen molar-refractivity contribution in [3.8, 4) is 0 Å². The van der Waals surface area contributed by atoms with Gasteiger partial charge in [-0.05, 0) is 11.1 Å². The molecule has 0 amide bonds. The summed E-state index contributed by atoms with van der Waals surface area (Å²) in [5, 5.41) is 24.0. The highest BCUT2D eigenvalue weighted by Gasteiger charge is 2.13. The molecule has 0 saturated carbocycles. The van der Waals surface area contributed by atoms with Gasteiger partial charge in [-0.3, -0.25) is 0 Å². The molecule has 66 valence electrons. The second kappa shape index (κ2) is 6.26. The smallest absolute Gasteiger partial charge is 0.0856 e. The minimum atomic E-state index is -1.19. The van der Waals surface area contributed by atoms with Crippen LogP contribution in [0.15, 0.2) is 10.2 Å². The van der Waals surface area contributed by atoms with Crippen LogP contribution in [0.5, 0.6) is 0 Å². The number of azide groups is 2. The van der Waals surface area contributed by atoms with Crippen LogP contribution in [0, 0.1) is 0 Å². The van der Waals surface area contributed by atoms with Gasteiger partial charge in [0, 0.05) is 9.82 Å². The lowest BCUT2D eigenvalue weighted by atomic mass is 10.2. The first-order chi connectivity index (χ1) is 5.72. The monoisotopic (exact) mass is 172 g/mol. The fourth-order valence-corrected chi connectivity index (χ4v) is 0.484. The van der Waals surface area contributed by atoms with Crippen molar-refractivity contribution in [2.45, 2.75) is 12.2 Å². The standard InChI is InChI=1S/C4H8N6O2/c5-9-7-1-3(11)4(12)2-8-10-6/h3-4,11-12H,1-2H2/t3-,4-/m1/s1. The van der Waals surface area contributed by atoms with E-state index in [4.69, 9.17) is 21.3 Å². The lowest BCUT2D eigenvalue weighted by Gasteiger charge is -2.12. The molecule has 0 unspecified atom stereocenters. The van der Waals surface area contributed by atoms with Crippen LogP contribution in [-0.2, 0) is 0 Å². The Hall–Kier alpha value is -1.46. The summed E-state index contributed by atoms with van der Waals surface area (Å²) in [6, 6.07) is 0. The van der Waals surface area contributed by atoms with E-state index in [9.17, 15) is 0 Å². The third kappa shape index (κ3) is 4.37. The third-order valence-corrected chi connectivity index (χ3v) is 1.11. The zero-order chi connectivity index (χ0) is 9.40. The first kappa shape index (κ1) is 10.5. The summed E-state index contributed by atoms with van der Waals surface area (Å²) >= 11 is 0. The lowest BCUT2D eigenvalue weighted by Crippen LogP contribution is -2.30. The van der Waals surface area contributed by atoms with Gasteiger partial charge in [0.15, 0.2) is 0 Å². The molecule has 12 heavy (non-hydrogen) atoms. The first-order valence-electron chi connectivity index (χ1n) is 3.10. The van der Waals surface area contributed by atoms with Crippen LogP contribution in [-0.4, -0.2) is 35.5 Å². The van der Waals surface area contributed by atoms with Gasteiger partial charge in [-0.15, -0.1) is 0 Å². The molecular weight excluding hydrogens is 164 g/mol. The van der Waals surface area contributed by atoms with E-state index in [0.29, 0.717) is 0 Å². The van der Waals surface area contributed by atoms with Crippen molar-refractivity contribution in [3.05, 3.63) is 20.9 Å². The molecule has 0 aliphatic rings. The average Bonchev–Trinajstić information content (AvgIpc) is 2.10. The Balaban J connectivity index is 3.82. The highest BCUT2D eigenvalue weighted by Crippen LogP contribution is 1.95. The molecule has 2 N–H and O–H groups in total. The number of rotatable bonds is 5. The molecule has 2 atom stereocenters. The Kier molecular flexibility index (Phi) is 5.50. The fourth-order valence-electron chi connectivity index (χ4n) is 0.484. The van der Waals surface area contributed by atoms with Gasteiger partial charge < -0.3 is 10.2 Å². The molecular formula is C4H8N6O2. The molecule has 8 heteroatoms. The summed E-state index contributed by atoms with van der Waals surface area (Å²) < 4.78 is 0. The largest absolute Gasteiger partial charge is 0.390 e. The van der Waals surface area contributed by atoms with E-state index in [1.807, 2.05) is 0 Å². The van der Waals surface area contributed by atoms with Crippen LogP contribution < -0.4 is 0 Å². The van der Waals surface area contributed by atoms with Gasteiger partial charge in [0.25, 0.3) is 0 Å². The van der Waals surface area contributed by atoms with E-state index in [-0.39, 0.29) is 13.1 Å². The predicted octanol–water partition coefficient (Wildman–Crippen LogP) is 0.329. The molecule has 8 nitrogen and oxygen atoms in total. The van der Waals surface area contributed by atoms with Gasteiger partial charge in [0.1, 0.15) is 0 Å². The van der Waals surface area contributed by atoms with Crippen LogP contribution >= 0.6 is 0 Å². The maximum atomic E-state index is 8.98. The number of aliphatic hydroxyl groups is 2. The molecule has 0 rings (SSSR count). The molecule has 0 aromatic heterocycles. The summed E-state index contributed by atoms with van der Waals surface area (Å²) in [5.74, 6) is 0. The Labute approximate surface area is 67.7 Å². The Morgan fingerprint density at radius 1 is 1.00 bits per heavy atom. The van der Waals surface area contributed by atoms with Gasteiger partial charge in [0.05, 0.1) is 25.3 Å². The van der Waals surface area contributed by atoms with E-state index >= 15 is 0 Å². The van der Waals surface area contributed by atoms with Crippen molar-refractivity contribution in [1.29, 1.82) is 0 Å². The minimum absolute atomic E-state index is 0.237. The molecule has 0 aromatic rings. The van der Waals surface area contributed by atoms with Crippen LogP contribution in [0.2, 0.25) is 0 Å². The Morgan fingerprint density at radius 3 is 1.58 bits per heavy atom. The summed E-state index contributed by atoms with van der Waals surface area (Å²) in [5.41, 5.74) is 15.7. The Morgan fingerprint density at radius 2 is 1.33 bits per heavy atom. The molecule has 0 heterocycles. The molecule has 0 radical (unpaired) electrons. The van der Waals surface area contributed by atoms with Gasteiger partial charge in [-0.1, -0.05) is 10.2 Å². The SMILES string of the molecule is [N-]=[N+]=NC[C@@H](O)[C@H](O)CN=[N+]=[N-]. The number of aliphatic hydroxyl groups excluding tert-OH is 2. The maximum Gasteiger partial charge on any atom is 0.0856 e. The van der Waals surface area contributed by atoms with Gasteiger partial charge in [0.2, 0.25) is 0 Å². The first-order valence-corrected chi connectivity index (χ1v) is 3.10. The van der Waals surface area contributed by atoms with Crippen LogP contribution in [0.25, 0.3) is 20.9 Å². The molecule has 0 spiro atoms. The third-order valence-electron chi connectivity index (χ3n) is 1.11. The van der Waals surface area contributed by atoms with Crippen molar-refractivity contribution in [3.63, 3.8) is 0 Å². The van der Waals surface area contributed by atoms with Crippen LogP contribution in [0.4, 0.5) is 0 Å². The number of hydrogen-bond donors (Lipinski definition) is 2. The zero-order valence-electron chi connectivity index (χ0n) is 6.15. The summed E-state index contributed by atoms with van der Waals surface area (Å²) in [7, 11) is 0. The van der Waals surface area contributed by atoms with Gasteiger partial charge in [-0.25, -0.2) is 0 Å². The summed E-state index contributed by atoms with van der Waals surface area (Å²) in [6.45, 7) is -0.475. The number of hydrogen-bond acceptors (Lipinski definition) is 4. The second-order valence-electron chi connectivity index (χ2n) is 1.96. The highest BCUT2D eigenvalue weighted by molar-refractivity contribution is 4.71. The van der Waals surface area contributed by atoms with E-state index in [1.54, 1.807) is 0 Å². The van der Waals surface area contributed by atoms with E-state index in [2.05, 4.69) is 20.1 Å². The topological polar surface area (TPSA) is 138 Å². The molecule has 0 aliphatic carbocycles. The Bertz CT molecular complexity index is 194.